The van der Waals surface area contributed by atoms with Crippen LogP contribution in [0.4, 0.5) is 0 Å². The summed E-state index contributed by atoms with van der Waals surface area (Å²) in [6.07, 6.45) is 7.81. The van der Waals surface area contributed by atoms with Crippen molar-refractivity contribution in [1.82, 2.24) is 9.80 Å². The predicted molar refractivity (Wildman–Crippen MR) is 121 cm³/mol. The Morgan fingerprint density at radius 1 is 1.00 bits per heavy atom. The van der Waals surface area contributed by atoms with Crippen molar-refractivity contribution < 1.29 is 19.0 Å². The Hall–Kier alpha value is -1.79. The zero-order valence-corrected chi connectivity index (χ0v) is 19.3. The second-order valence-electron chi connectivity index (χ2n) is 9.51. The molecule has 3 aliphatic rings. The predicted octanol–water partition coefficient (Wildman–Crippen LogP) is 4.01. The first-order valence-corrected chi connectivity index (χ1v) is 12.1. The van der Waals surface area contributed by atoms with Gasteiger partial charge in [-0.2, -0.15) is 0 Å². The summed E-state index contributed by atoms with van der Waals surface area (Å²) in [5.41, 5.74) is 1.23. The summed E-state index contributed by atoms with van der Waals surface area (Å²) in [4.78, 5) is 17.4. The number of amides is 1. The molecule has 1 atom stereocenters. The van der Waals surface area contributed by atoms with E-state index in [2.05, 4.69) is 21.9 Å². The van der Waals surface area contributed by atoms with E-state index in [1.807, 2.05) is 19.9 Å². The van der Waals surface area contributed by atoms with Gasteiger partial charge in [0.15, 0.2) is 11.5 Å². The van der Waals surface area contributed by atoms with Crippen LogP contribution in [0.1, 0.15) is 64.4 Å². The summed E-state index contributed by atoms with van der Waals surface area (Å²) >= 11 is 0. The minimum atomic E-state index is -0.213. The van der Waals surface area contributed by atoms with Gasteiger partial charge < -0.3 is 19.1 Å². The molecule has 6 heteroatoms. The van der Waals surface area contributed by atoms with Crippen molar-refractivity contribution in [3.8, 4) is 11.5 Å². The topological polar surface area (TPSA) is 51.2 Å². The van der Waals surface area contributed by atoms with Crippen LogP contribution in [0.15, 0.2) is 18.2 Å². The fraction of sp³-hybridized carbons (Fsp3) is 0.720. The van der Waals surface area contributed by atoms with E-state index in [9.17, 15) is 4.79 Å². The molecule has 0 aromatic heterocycles. The molecular weight excluding hydrogens is 392 g/mol. The van der Waals surface area contributed by atoms with Gasteiger partial charge in [-0.25, -0.2) is 0 Å². The molecule has 172 valence electrons. The molecule has 31 heavy (non-hydrogen) atoms. The number of carbonyl (C=O) groups excluding carboxylic acids is 1. The van der Waals surface area contributed by atoms with Gasteiger partial charge in [-0.3, -0.25) is 9.69 Å². The van der Waals surface area contributed by atoms with Gasteiger partial charge in [0.1, 0.15) is 6.10 Å². The monoisotopic (exact) mass is 430 g/mol. The maximum Gasteiger partial charge on any atom is 0.252 e. The first kappa shape index (κ1) is 22.4. The Labute approximate surface area is 186 Å². The van der Waals surface area contributed by atoms with Crippen molar-refractivity contribution in [2.45, 2.75) is 89.7 Å². The fourth-order valence-electron chi connectivity index (χ4n) is 5.24. The molecule has 2 saturated heterocycles. The molecule has 1 saturated carbocycles. The van der Waals surface area contributed by atoms with Crippen LogP contribution in [-0.2, 0) is 16.1 Å². The zero-order chi connectivity index (χ0) is 21.8. The Kier molecular flexibility index (Phi) is 7.39. The third kappa shape index (κ3) is 5.53. The summed E-state index contributed by atoms with van der Waals surface area (Å²) < 4.78 is 17.6. The number of carbonyl (C=O) groups is 1. The van der Waals surface area contributed by atoms with E-state index in [-0.39, 0.29) is 24.2 Å². The molecule has 1 aliphatic carbocycles. The maximum atomic E-state index is 12.8. The molecule has 4 rings (SSSR count). The number of piperidine rings is 1. The lowest BCUT2D eigenvalue weighted by Crippen LogP contribution is -2.41. The van der Waals surface area contributed by atoms with E-state index in [0.29, 0.717) is 6.04 Å². The van der Waals surface area contributed by atoms with E-state index < -0.39 is 0 Å². The van der Waals surface area contributed by atoms with Crippen molar-refractivity contribution in [2.75, 3.05) is 26.7 Å². The summed E-state index contributed by atoms with van der Waals surface area (Å²) in [6, 6.07) is 6.68. The van der Waals surface area contributed by atoms with Gasteiger partial charge in [-0.15, -0.1) is 0 Å². The van der Waals surface area contributed by atoms with E-state index in [1.165, 1.54) is 31.2 Å². The second kappa shape index (κ2) is 10.2. The third-order valence-corrected chi connectivity index (χ3v) is 6.84. The van der Waals surface area contributed by atoms with Gasteiger partial charge in [0.25, 0.3) is 5.91 Å². The van der Waals surface area contributed by atoms with Crippen LogP contribution in [0.5, 0.6) is 11.5 Å². The van der Waals surface area contributed by atoms with Gasteiger partial charge >= 0.3 is 0 Å². The SMILES string of the molecule is COc1cc(CN2CCC(OC3CCN(C4CCCC4)C3=O)CC2)ccc1OC(C)C. The van der Waals surface area contributed by atoms with Crippen LogP contribution in [0.2, 0.25) is 0 Å². The van der Waals surface area contributed by atoms with Gasteiger partial charge in [-0.05, 0) is 57.2 Å². The quantitative estimate of drug-likeness (QED) is 0.624. The Bertz CT molecular complexity index is 739. The molecule has 1 amide bonds. The highest BCUT2D eigenvalue weighted by Gasteiger charge is 2.39. The molecule has 0 bridgehead atoms. The molecule has 2 heterocycles. The number of ether oxygens (including phenoxy) is 3. The highest BCUT2D eigenvalue weighted by Crippen LogP contribution is 2.31. The average molecular weight is 431 g/mol. The van der Waals surface area contributed by atoms with Crippen LogP contribution in [0.3, 0.4) is 0 Å². The number of nitrogens with zero attached hydrogens (tertiary/aromatic N) is 2. The van der Waals surface area contributed by atoms with Gasteiger partial charge in [0.2, 0.25) is 0 Å². The van der Waals surface area contributed by atoms with Crippen molar-refractivity contribution >= 4 is 5.91 Å². The van der Waals surface area contributed by atoms with Crippen LogP contribution in [0.25, 0.3) is 0 Å². The standard InChI is InChI=1S/C25H38N2O4/c1-18(2)30-22-9-8-19(16-24(22)29-3)17-26-13-10-21(11-14-26)31-23-12-15-27(25(23)28)20-6-4-5-7-20/h8-9,16,18,20-21,23H,4-7,10-15,17H2,1-3H3. The number of likely N-dealkylation sites (tertiary alicyclic amines) is 2. The normalized spacial score (nSPS) is 23.8. The summed E-state index contributed by atoms with van der Waals surface area (Å²) in [5, 5.41) is 0. The highest BCUT2D eigenvalue weighted by atomic mass is 16.5. The Balaban J connectivity index is 1.24. The molecule has 2 aliphatic heterocycles. The minimum Gasteiger partial charge on any atom is -0.493 e. The van der Waals surface area contributed by atoms with E-state index >= 15 is 0 Å². The number of hydrogen-bond acceptors (Lipinski definition) is 5. The molecule has 1 unspecified atom stereocenters. The minimum absolute atomic E-state index is 0.121. The van der Waals surface area contributed by atoms with Crippen molar-refractivity contribution in [3.63, 3.8) is 0 Å². The Morgan fingerprint density at radius 2 is 1.74 bits per heavy atom. The van der Waals surface area contributed by atoms with Crippen LogP contribution in [-0.4, -0.2) is 66.8 Å². The number of benzene rings is 1. The molecule has 1 aromatic carbocycles. The van der Waals surface area contributed by atoms with E-state index in [0.717, 1.165) is 56.9 Å². The second-order valence-corrected chi connectivity index (χ2v) is 9.51. The Morgan fingerprint density at radius 3 is 2.42 bits per heavy atom. The number of methoxy groups -OCH3 is 1. The molecule has 0 N–H and O–H groups in total. The zero-order valence-electron chi connectivity index (χ0n) is 19.3. The lowest BCUT2D eigenvalue weighted by Gasteiger charge is -2.33. The van der Waals surface area contributed by atoms with E-state index in [1.54, 1.807) is 7.11 Å². The lowest BCUT2D eigenvalue weighted by atomic mass is 10.1. The van der Waals surface area contributed by atoms with Crippen molar-refractivity contribution in [3.05, 3.63) is 23.8 Å². The maximum absolute atomic E-state index is 12.8. The van der Waals surface area contributed by atoms with Crippen LogP contribution >= 0.6 is 0 Å². The van der Waals surface area contributed by atoms with E-state index in [4.69, 9.17) is 14.2 Å². The van der Waals surface area contributed by atoms with Crippen LogP contribution in [0, 0.1) is 0 Å². The molecule has 0 radical (unpaired) electrons. The lowest BCUT2D eigenvalue weighted by molar-refractivity contribution is -0.143. The van der Waals surface area contributed by atoms with Crippen LogP contribution < -0.4 is 9.47 Å². The number of hydrogen-bond donors (Lipinski definition) is 0. The first-order chi connectivity index (χ1) is 15.0. The summed E-state index contributed by atoms with van der Waals surface area (Å²) in [5.74, 6) is 1.82. The summed E-state index contributed by atoms with van der Waals surface area (Å²) in [7, 11) is 1.69. The molecule has 0 spiro atoms. The van der Waals surface area contributed by atoms with Gasteiger partial charge in [0.05, 0.1) is 19.3 Å². The fourth-order valence-corrected chi connectivity index (χ4v) is 5.24. The number of rotatable bonds is 8. The van der Waals surface area contributed by atoms with Crippen molar-refractivity contribution in [1.29, 1.82) is 0 Å². The average Bonchev–Trinajstić information content (AvgIpc) is 3.40. The summed E-state index contributed by atoms with van der Waals surface area (Å²) in [6.45, 7) is 7.79. The third-order valence-electron chi connectivity index (χ3n) is 6.84. The molecular formula is C25H38N2O4. The molecule has 1 aromatic rings. The van der Waals surface area contributed by atoms with Crippen molar-refractivity contribution in [2.24, 2.45) is 0 Å². The molecule has 3 fully saturated rings. The smallest absolute Gasteiger partial charge is 0.252 e. The molecule has 6 nitrogen and oxygen atoms in total. The highest BCUT2D eigenvalue weighted by molar-refractivity contribution is 5.83. The van der Waals surface area contributed by atoms with Gasteiger partial charge in [-0.1, -0.05) is 18.9 Å². The largest absolute Gasteiger partial charge is 0.493 e. The first-order valence-electron chi connectivity index (χ1n) is 12.1. The van der Waals surface area contributed by atoms with Gasteiger partial charge in [0, 0.05) is 38.6 Å².